The molecule has 3 N–H and O–H groups in total. The molecule has 0 saturated carbocycles. The molecule has 0 spiro atoms. The normalized spacial score (nSPS) is 14.5. The van der Waals surface area contributed by atoms with Crippen LogP contribution in [0.3, 0.4) is 0 Å². The van der Waals surface area contributed by atoms with Crippen molar-refractivity contribution in [3.8, 4) is 0 Å². The molecule has 92 valence electrons. The predicted molar refractivity (Wildman–Crippen MR) is 61.0 cm³/mol. The standard InChI is InChI=1S/C9H22N2O3S/c1-3-5-11(6-7-12)15(13,14)9(4-2)8-10/h9,12H,3-8,10H2,1-2H3. The van der Waals surface area contributed by atoms with E-state index in [2.05, 4.69) is 0 Å². The van der Waals surface area contributed by atoms with Crippen LogP contribution in [0.25, 0.3) is 0 Å². The van der Waals surface area contributed by atoms with Gasteiger partial charge >= 0.3 is 0 Å². The molecule has 0 fully saturated rings. The average Bonchev–Trinajstić information content (AvgIpc) is 2.19. The molecule has 6 heteroatoms. The molecule has 0 aliphatic carbocycles. The van der Waals surface area contributed by atoms with E-state index in [1.54, 1.807) is 6.92 Å². The molecule has 0 aliphatic heterocycles. The summed E-state index contributed by atoms with van der Waals surface area (Å²) in [7, 11) is -3.34. The Morgan fingerprint density at radius 1 is 1.33 bits per heavy atom. The quantitative estimate of drug-likeness (QED) is 0.611. The lowest BCUT2D eigenvalue weighted by Gasteiger charge is -2.25. The third kappa shape index (κ3) is 4.06. The summed E-state index contributed by atoms with van der Waals surface area (Å²) in [4.78, 5) is 0. The summed E-state index contributed by atoms with van der Waals surface area (Å²) in [5, 5.41) is 8.28. The van der Waals surface area contributed by atoms with Gasteiger partial charge in [0.15, 0.2) is 0 Å². The van der Waals surface area contributed by atoms with E-state index in [1.807, 2.05) is 6.92 Å². The molecule has 0 aromatic heterocycles. The van der Waals surface area contributed by atoms with Crippen LogP contribution in [0.2, 0.25) is 0 Å². The second kappa shape index (κ2) is 7.16. The lowest BCUT2D eigenvalue weighted by atomic mass is 10.3. The fraction of sp³-hybridized carbons (Fsp3) is 1.00. The maximum absolute atomic E-state index is 12.0. The van der Waals surface area contributed by atoms with Crippen LogP contribution in [0, 0.1) is 0 Å². The number of rotatable bonds is 8. The Labute approximate surface area is 92.3 Å². The Morgan fingerprint density at radius 3 is 2.27 bits per heavy atom. The first-order valence-corrected chi connectivity index (χ1v) is 6.84. The maximum atomic E-state index is 12.0. The molecule has 0 saturated heterocycles. The van der Waals surface area contributed by atoms with E-state index >= 15 is 0 Å². The minimum Gasteiger partial charge on any atom is -0.395 e. The van der Waals surface area contributed by atoms with Crippen molar-refractivity contribution < 1.29 is 13.5 Å². The smallest absolute Gasteiger partial charge is 0.218 e. The van der Waals surface area contributed by atoms with E-state index in [0.29, 0.717) is 13.0 Å². The lowest BCUT2D eigenvalue weighted by molar-refractivity contribution is 0.252. The summed E-state index contributed by atoms with van der Waals surface area (Å²) in [6, 6.07) is 0. The maximum Gasteiger partial charge on any atom is 0.218 e. The summed E-state index contributed by atoms with van der Waals surface area (Å²) < 4.78 is 25.3. The zero-order chi connectivity index (χ0) is 11.9. The first-order valence-electron chi connectivity index (χ1n) is 5.34. The average molecular weight is 238 g/mol. The predicted octanol–water partition coefficient (Wildman–Crippen LogP) is -0.242. The Bertz CT molecular complexity index is 244. The molecule has 0 rings (SSSR count). The highest BCUT2D eigenvalue weighted by molar-refractivity contribution is 7.89. The third-order valence-electron chi connectivity index (χ3n) is 2.32. The second-order valence-corrected chi connectivity index (χ2v) is 5.65. The van der Waals surface area contributed by atoms with Crippen LogP contribution in [0.4, 0.5) is 0 Å². The Balaban J connectivity index is 4.75. The highest BCUT2D eigenvalue weighted by Crippen LogP contribution is 2.11. The third-order valence-corrected chi connectivity index (χ3v) is 4.77. The largest absolute Gasteiger partial charge is 0.395 e. The zero-order valence-electron chi connectivity index (χ0n) is 9.52. The van der Waals surface area contributed by atoms with E-state index in [1.165, 1.54) is 4.31 Å². The SMILES string of the molecule is CCCN(CCO)S(=O)(=O)C(CC)CN. The van der Waals surface area contributed by atoms with Crippen molar-refractivity contribution in [1.29, 1.82) is 0 Å². The Kier molecular flexibility index (Phi) is 7.08. The van der Waals surface area contributed by atoms with Crippen LogP contribution < -0.4 is 5.73 Å². The van der Waals surface area contributed by atoms with Gasteiger partial charge in [-0.15, -0.1) is 0 Å². The van der Waals surface area contributed by atoms with Gasteiger partial charge in [-0.3, -0.25) is 0 Å². The number of aliphatic hydroxyl groups is 1. The van der Waals surface area contributed by atoms with Crippen LogP contribution in [0.15, 0.2) is 0 Å². The summed E-state index contributed by atoms with van der Waals surface area (Å²) in [5.74, 6) is 0. The van der Waals surface area contributed by atoms with E-state index in [4.69, 9.17) is 10.8 Å². The fourth-order valence-corrected chi connectivity index (χ4v) is 3.30. The second-order valence-electron chi connectivity index (χ2n) is 3.43. The van der Waals surface area contributed by atoms with Crippen molar-refractivity contribution in [3.05, 3.63) is 0 Å². The van der Waals surface area contributed by atoms with Crippen molar-refractivity contribution in [2.45, 2.75) is 31.9 Å². The van der Waals surface area contributed by atoms with Gasteiger partial charge in [-0.1, -0.05) is 13.8 Å². The van der Waals surface area contributed by atoms with Crippen LogP contribution >= 0.6 is 0 Å². The lowest BCUT2D eigenvalue weighted by Crippen LogP contribution is -2.43. The summed E-state index contributed by atoms with van der Waals surface area (Å²) in [6.45, 7) is 4.29. The Hall–Kier alpha value is -0.170. The summed E-state index contributed by atoms with van der Waals surface area (Å²) >= 11 is 0. The van der Waals surface area contributed by atoms with Crippen LogP contribution in [0.1, 0.15) is 26.7 Å². The van der Waals surface area contributed by atoms with Crippen LogP contribution in [-0.2, 0) is 10.0 Å². The molecule has 15 heavy (non-hydrogen) atoms. The molecular weight excluding hydrogens is 216 g/mol. The molecule has 1 unspecified atom stereocenters. The number of sulfonamides is 1. The number of nitrogens with zero attached hydrogens (tertiary/aromatic N) is 1. The molecule has 0 radical (unpaired) electrons. The minimum atomic E-state index is -3.34. The zero-order valence-corrected chi connectivity index (χ0v) is 10.3. The van der Waals surface area contributed by atoms with E-state index in [9.17, 15) is 8.42 Å². The molecule has 0 heterocycles. The molecule has 0 aromatic rings. The van der Waals surface area contributed by atoms with Crippen molar-refractivity contribution in [2.24, 2.45) is 5.73 Å². The number of aliphatic hydroxyl groups excluding tert-OH is 1. The van der Waals surface area contributed by atoms with Gasteiger partial charge in [0.2, 0.25) is 10.0 Å². The van der Waals surface area contributed by atoms with E-state index in [0.717, 1.165) is 6.42 Å². The highest BCUT2D eigenvalue weighted by Gasteiger charge is 2.28. The van der Waals surface area contributed by atoms with Gasteiger partial charge in [0.05, 0.1) is 11.9 Å². The van der Waals surface area contributed by atoms with Crippen molar-refractivity contribution in [2.75, 3.05) is 26.2 Å². The van der Waals surface area contributed by atoms with Gasteiger partial charge in [-0.25, -0.2) is 8.42 Å². The van der Waals surface area contributed by atoms with Gasteiger partial charge in [0, 0.05) is 19.6 Å². The fourth-order valence-electron chi connectivity index (χ4n) is 1.44. The minimum absolute atomic E-state index is 0.129. The molecule has 0 amide bonds. The molecule has 1 atom stereocenters. The van der Waals surface area contributed by atoms with Gasteiger partial charge in [-0.05, 0) is 12.8 Å². The van der Waals surface area contributed by atoms with Crippen LogP contribution in [0.5, 0.6) is 0 Å². The molecule has 5 nitrogen and oxygen atoms in total. The summed E-state index contributed by atoms with van der Waals surface area (Å²) in [6.07, 6.45) is 1.24. The van der Waals surface area contributed by atoms with E-state index < -0.39 is 15.3 Å². The number of hydrogen-bond acceptors (Lipinski definition) is 4. The molecule has 0 bridgehead atoms. The van der Waals surface area contributed by atoms with Gasteiger partial charge in [0.1, 0.15) is 0 Å². The first-order chi connectivity index (χ1) is 7.04. The molecular formula is C9H22N2O3S. The van der Waals surface area contributed by atoms with Crippen molar-refractivity contribution in [3.63, 3.8) is 0 Å². The first kappa shape index (κ1) is 14.8. The van der Waals surface area contributed by atoms with Gasteiger partial charge in [-0.2, -0.15) is 4.31 Å². The van der Waals surface area contributed by atoms with Crippen molar-refractivity contribution >= 4 is 10.0 Å². The van der Waals surface area contributed by atoms with Gasteiger partial charge < -0.3 is 10.8 Å². The van der Waals surface area contributed by atoms with Gasteiger partial charge in [0.25, 0.3) is 0 Å². The molecule has 0 aromatic carbocycles. The van der Waals surface area contributed by atoms with Crippen LogP contribution in [-0.4, -0.2) is 49.3 Å². The number of hydrogen-bond donors (Lipinski definition) is 2. The Morgan fingerprint density at radius 2 is 1.93 bits per heavy atom. The monoisotopic (exact) mass is 238 g/mol. The highest BCUT2D eigenvalue weighted by atomic mass is 32.2. The van der Waals surface area contributed by atoms with E-state index in [-0.39, 0.29) is 19.7 Å². The van der Waals surface area contributed by atoms with Crippen molar-refractivity contribution in [1.82, 2.24) is 4.31 Å². The topological polar surface area (TPSA) is 83.6 Å². The molecule has 0 aliphatic rings. The summed E-state index contributed by atoms with van der Waals surface area (Å²) in [5.41, 5.74) is 5.43. The number of nitrogens with two attached hydrogens (primary N) is 1.